The SMILES string of the molecule is CCOc1cc(N)cc(Sc2n[nH]c(=O)n2C2CC2)c1. The second-order valence-electron chi connectivity index (χ2n) is 4.69. The molecule has 1 aromatic carbocycles. The summed E-state index contributed by atoms with van der Waals surface area (Å²) in [5.41, 5.74) is 6.35. The van der Waals surface area contributed by atoms with Gasteiger partial charge in [0.1, 0.15) is 5.75 Å². The summed E-state index contributed by atoms with van der Waals surface area (Å²) in [5, 5.41) is 7.26. The summed E-state index contributed by atoms with van der Waals surface area (Å²) in [6.45, 7) is 2.51. The lowest BCUT2D eigenvalue weighted by Crippen LogP contribution is -2.15. The van der Waals surface area contributed by atoms with E-state index in [1.807, 2.05) is 19.1 Å². The zero-order chi connectivity index (χ0) is 14.1. The first kappa shape index (κ1) is 13.1. The van der Waals surface area contributed by atoms with Crippen LogP contribution in [0.1, 0.15) is 25.8 Å². The number of hydrogen-bond donors (Lipinski definition) is 2. The van der Waals surface area contributed by atoms with E-state index >= 15 is 0 Å². The van der Waals surface area contributed by atoms with Crippen LogP contribution in [0.2, 0.25) is 0 Å². The molecule has 0 saturated heterocycles. The Balaban J connectivity index is 1.89. The Morgan fingerprint density at radius 2 is 2.30 bits per heavy atom. The molecule has 1 heterocycles. The van der Waals surface area contributed by atoms with Crippen LogP contribution in [0.3, 0.4) is 0 Å². The van der Waals surface area contributed by atoms with Crippen molar-refractivity contribution in [1.82, 2.24) is 14.8 Å². The van der Waals surface area contributed by atoms with Gasteiger partial charge in [-0.3, -0.25) is 4.57 Å². The predicted octanol–water partition coefficient (Wildman–Crippen LogP) is 2.04. The molecule has 1 aliphatic carbocycles. The van der Waals surface area contributed by atoms with Gasteiger partial charge < -0.3 is 10.5 Å². The summed E-state index contributed by atoms with van der Waals surface area (Å²) < 4.78 is 7.19. The van der Waals surface area contributed by atoms with Gasteiger partial charge in [0.25, 0.3) is 0 Å². The van der Waals surface area contributed by atoms with Gasteiger partial charge in [0.15, 0.2) is 5.16 Å². The molecular weight excluding hydrogens is 276 g/mol. The summed E-state index contributed by atoms with van der Waals surface area (Å²) in [4.78, 5) is 12.6. The number of ether oxygens (including phenoxy) is 1. The minimum atomic E-state index is -0.149. The van der Waals surface area contributed by atoms with Gasteiger partial charge >= 0.3 is 5.69 Å². The fraction of sp³-hybridized carbons (Fsp3) is 0.385. The van der Waals surface area contributed by atoms with E-state index in [1.54, 1.807) is 10.6 Å². The normalized spacial score (nSPS) is 14.4. The minimum absolute atomic E-state index is 0.149. The second-order valence-corrected chi connectivity index (χ2v) is 5.73. The summed E-state index contributed by atoms with van der Waals surface area (Å²) in [6, 6.07) is 5.83. The number of benzene rings is 1. The molecule has 0 aliphatic heterocycles. The molecule has 6 nitrogen and oxygen atoms in total. The second kappa shape index (κ2) is 5.24. The molecule has 0 amide bonds. The number of nitrogens with two attached hydrogens (primary N) is 1. The molecular formula is C13H16N4O2S. The van der Waals surface area contributed by atoms with E-state index < -0.39 is 0 Å². The van der Waals surface area contributed by atoms with Crippen molar-refractivity contribution >= 4 is 17.4 Å². The molecule has 2 aromatic rings. The third-order valence-corrected chi connectivity index (χ3v) is 3.95. The fourth-order valence-electron chi connectivity index (χ4n) is 2.03. The van der Waals surface area contributed by atoms with Crippen molar-refractivity contribution in [3.8, 4) is 5.75 Å². The monoisotopic (exact) mass is 292 g/mol. The highest BCUT2D eigenvalue weighted by atomic mass is 32.2. The summed E-state index contributed by atoms with van der Waals surface area (Å²) in [7, 11) is 0. The van der Waals surface area contributed by atoms with E-state index in [2.05, 4.69) is 10.2 Å². The van der Waals surface area contributed by atoms with Gasteiger partial charge in [0.05, 0.1) is 6.61 Å². The number of H-pyrrole nitrogens is 1. The number of aromatic amines is 1. The van der Waals surface area contributed by atoms with Crippen molar-refractivity contribution in [2.75, 3.05) is 12.3 Å². The third-order valence-electron chi connectivity index (χ3n) is 3.01. The van der Waals surface area contributed by atoms with E-state index in [1.165, 1.54) is 11.8 Å². The highest BCUT2D eigenvalue weighted by Crippen LogP contribution is 2.38. The maximum absolute atomic E-state index is 11.7. The number of nitrogens with zero attached hydrogens (tertiary/aromatic N) is 2. The Hall–Kier alpha value is -1.89. The maximum atomic E-state index is 11.7. The molecule has 1 fully saturated rings. The lowest BCUT2D eigenvalue weighted by atomic mass is 10.3. The standard InChI is InChI=1S/C13H16N4O2S/c1-2-19-10-5-8(14)6-11(7-10)20-13-16-15-12(18)17(13)9-3-4-9/h5-7,9H,2-4,14H2,1H3,(H,15,18). The van der Waals surface area contributed by atoms with Crippen molar-refractivity contribution in [2.24, 2.45) is 0 Å². The van der Waals surface area contributed by atoms with Crippen molar-refractivity contribution in [1.29, 1.82) is 0 Å². The molecule has 106 valence electrons. The van der Waals surface area contributed by atoms with Crippen LogP contribution in [0.15, 0.2) is 33.0 Å². The van der Waals surface area contributed by atoms with E-state index in [4.69, 9.17) is 10.5 Å². The Morgan fingerprint density at radius 1 is 1.50 bits per heavy atom. The van der Waals surface area contributed by atoms with Gasteiger partial charge in [-0.1, -0.05) is 0 Å². The predicted molar refractivity (Wildman–Crippen MR) is 77.3 cm³/mol. The van der Waals surface area contributed by atoms with Crippen molar-refractivity contribution in [3.63, 3.8) is 0 Å². The van der Waals surface area contributed by atoms with Crippen LogP contribution in [0.4, 0.5) is 5.69 Å². The first-order valence-corrected chi connectivity index (χ1v) is 7.37. The van der Waals surface area contributed by atoms with Gasteiger partial charge in [-0.15, -0.1) is 5.10 Å². The smallest absolute Gasteiger partial charge is 0.344 e. The van der Waals surface area contributed by atoms with Gasteiger partial charge in [0.2, 0.25) is 0 Å². The summed E-state index contributed by atoms with van der Waals surface area (Å²) in [5.74, 6) is 0.728. The van der Waals surface area contributed by atoms with Crippen LogP contribution in [-0.4, -0.2) is 21.4 Å². The first-order chi connectivity index (χ1) is 9.67. The van der Waals surface area contributed by atoms with Crippen molar-refractivity contribution < 1.29 is 4.74 Å². The molecule has 7 heteroatoms. The lowest BCUT2D eigenvalue weighted by Gasteiger charge is -2.08. The molecule has 0 spiro atoms. The van der Waals surface area contributed by atoms with Crippen molar-refractivity contribution in [3.05, 3.63) is 28.7 Å². The topological polar surface area (TPSA) is 85.9 Å². The van der Waals surface area contributed by atoms with Crippen LogP contribution < -0.4 is 16.2 Å². The van der Waals surface area contributed by atoms with E-state index in [9.17, 15) is 4.79 Å². The minimum Gasteiger partial charge on any atom is -0.494 e. The van der Waals surface area contributed by atoms with E-state index in [-0.39, 0.29) is 11.7 Å². The molecule has 1 saturated carbocycles. The zero-order valence-electron chi connectivity index (χ0n) is 11.1. The molecule has 0 unspecified atom stereocenters. The number of rotatable bonds is 5. The Labute approximate surface area is 120 Å². The number of nitrogen functional groups attached to an aromatic ring is 1. The molecule has 20 heavy (non-hydrogen) atoms. The molecule has 3 N–H and O–H groups in total. The molecule has 1 aromatic heterocycles. The molecule has 0 bridgehead atoms. The third kappa shape index (κ3) is 2.67. The molecule has 3 rings (SSSR count). The quantitative estimate of drug-likeness (QED) is 0.824. The Morgan fingerprint density at radius 3 is 3.00 bits per heavy atom. The summed E-state index contributed by atoms with van der Waals surface area (Å²) >= 11 is 1.42. The van der Waals surface area contributed by atoms with Crippen LogP contribution >= 0.6 is 11.8 Å². The maximum Gasteiger partial charge on any atom is 0.344 e. The van der Waals surface area contributed by atoms with Crippen LogP contribution in [0.5, 0.6) is 5.75 Å². The lowest BCUT2D eigenvalue weighted by molar-refractivity contribution is 0.339. The van der Waals surface area contributed by atoms with Gasteiger partial charge in [-0.2, -0.15) is 0 Å². The van der Waals surface area contributed by atoms with Gasteiger partial charge in [-0.05, 0) is 43.7 Å². The van der Waals surface area contributed by atoms with Gasteiger partial charge in [0, 0.05) is 22.7 Å². The molecule has 0 atom stereocenters. The Bertz CT molecular complexity index is 675. The fourth-order valence-corrected chi connectivity index (χ4v) is 3.03. The Kier molecular flexibility index (Phi) is 3.43. The van der Waals surface area contributed by atoms with Crippen LogP contribution in [-0.2, 0) is 0 Å². The molecule has 1 aliphatic rings. The van der Waals surface area contributed by atoms with E-state index in [0.717, 1.165) is 23.5 Å². The highest BCUT2D eigenvalue weighted by molar-refractivity contribution is 7.99. The zero-order valence-corrected chi connectivity index (χ0v) is 11.9. The number of hydrogen-bond acceptors (Lipinski definition) is 5. The van der Waals surface area contributed by atoms with Crippen LogP contribution in [0, 0.1) is 0 Å². The number of aromatic nitrogens is 3. The number of nitrogens with one attached hydrogen (secondary N) is 1. The number of anilines is 1. The largest absolute Gasteiger partial charge is 0.494 e. The van der Waals surface area contributed by atoms with Crippen LogP contribution in [0.25, 0.3) is 0 Å². The first-order valence-electron chi connectivity index (χ1n) is 6.55. The highest BCUT2D eigenvalue weighted by Gasteiger charge is 2.28. The summed E-state index contributed by atoms with van der Waals surface area (Å²) in [6.07, 6.45) is 2.07. The molecule has 0 radical (unpaired) electrons. The van der Waals surface area contributed by atoms with E-state index in [0.29, 0.717) is 17.5 Å². The average Bonchev–Trinajstić information content (AvgIpc) is 3.15. The van der Waals surface area contributed by atoms with Crippen molar-refractivity contribution in [2.45, 2.75) is 35.9 Å². The average molecular weight is 292 g/mol. The van der Waals surface area contributed by atoms with Gasteiger partial charge in [-0.25, -0.2) is 9.89 Å².